The smallest absolute Gasteiger partial charge is 0.348 e. The second-order valence-electron chi connectivity index (χ2n) is 6.24. The summed E-state index contributed by atoms with van der Waals surface area (Å²) in [5, 5.41) is 9.96. The molecule has 1 heterocycles. The predicted octanol–water partition coefficient (Wildman–Crippen LogP) is 3.19. The molecule has 2 aromatic carbocycles. The van der Waals surface area contributed by atoms with Gasteiger partial charge in [-0.05, 0) is 29.3 Å². The van der Waals surface area contributed by atoms with Crippen molar-refractivity contribution in [1.82, 2.24) is 0 Å². The van der Waals surface area contributed by atoms with E-state index in [4.69, 9.17) is 14.2 Å². The molecule has 134 valence electrons. The number of ether oxygens (including phenoxy) is 3. The number of cyclic esters (lactones) is 2. The van der Waals surface area contributed by atoms with E-state index in [1.54, 1.807) is 6.07 Å². The summed E-state index contributed by atoms with van der Waals surface area (Å²) in [5.41, 5.74) is 1.22. The fraction of sp³-hybridized carbons (Fsp3) is 0.200. The second kappa shape index (κ2) is 6.92. The van der Waals surface area contributed by atoms with Gasteiger partial charge in [0, 0.05) is 13.8 Å². The molecular weight excluding hydrogens is 336 g/mol. The van der Waals surface area contributed by atoms with Crippen LogP contribution in [0.2, 0.25) is 0 Å². The second-order valence-corrected chi connectivity index (χ2v) is 6.24. The van der Waals surface area contributed by atoms with Gasteiger partial charge in [0.05, 0.1) is 0 Å². The highest BCUT2D eigenvalue weighted by Crippen LogP contribution is 2.30. The third-order valence-corrected chi connectivity index (χ3v) is 3.65. The van der Waals surface area contributed by atoms with E-state index >= 15 is 0 Å². The molecule has 0 radical (unpaired) electrons. The Morgan fingerprint density at radius 1 is 1.04 bits per heavy atom. The molecule has 0 bridgehead atoms. The standard InChI is InChI=1S/C20H18O6/c1-20(2)25-18(22)15(19(23)26-20)10-14-8-9-16(21)17(11-14)24-12-13-6-4-3-5-7-13/h3-11,21H,12H2,1-2H3. The van der Waals surface area contributed by atoms with Crippen LogP contribution in [0.1, 0.15) is 25.0 Å². The van der Waals surface area contributed by atoms with E-state index in [1.165, 1.54) is 32.1 Å². The Kier molecular flexibility index (Phi) is 4.67. The van der Waals surface area contributed by atoms with Crippen molar-refractivity contribution in [3.05, 3.63) is 65.2 Å². The third kappa shape index (κ3) is 4.03. The van der Waals surface area contributed by atoms with Gasteiger partial charge in [-0.15, -0.1) is 0 Å². The minimum atomic E-state index is -1.29. The Hall–Kier alpha value is -3.28. The first-order valence-corrected chi connectivity index (χ1v) is 8.02. The van der Waals surface area contributed by atoms with Crippen LogP contribution >= 0.6 is 0 Å². The molecule has 0 saturated carbocycles. The fourth-order valence-electron chi connectivity index (χ4n) is 2.42. The molecule has 0 aliphatic carbocycles. The van der Waals surface area contributed by atoms with Gasteiger partial charge in [0.2, 0.25) is 0 Å². The quantitative estimate of drug-likeness (QED) is 0.516. The molecule has 6 heteroatoms. The number of hydrogen-bond donors (Lipinski definition) is 1. The lowest BCUT2D eigenvalue weighted by Crippen LogP contribution is -2.41. The summed E-state index contributed by atoms with van der Waals surface area (Å²) in [6.07, 6.45) is 1.34. The summed E-state index contributed by atoms with van der Waals surface area (Å²) < 4.78 is 15.7. The predicted molar refractivity (Wildman–Crippen MR) is 93.1 cm³/mol. The Labute approximate surface area is 150 Å². The molecule has 0 spiro atoms. The molecule has 1 aliphatic rings. The molecule has 0 atom stereocenters. The average molecular weight is 354 g/mol. The summed E-state index contributed by atoms with van der Waals surface area (Å²) in [6.45, 7) is 3.23. The van der Waals surface area contributed by atoms with Gasteiger partial charge < -0.3 is 19.3 Å². The van der Waals surface area contributed by atoms with Gasteiger partial charge in [0.15, 0.2) is 11.5 Å². The lowest BCUT2D eigenvalue weighted by Gasteiger charge is -2.29. The van der Waals surface area contributed by atoms with Gasteiger partial charge in [0.25, 0.3) is 5.79 Å². The number of benzene rings is 2. The molecular formula is C20H18O6. The van der Waals surface area contributed by atoms with Crippen LogP contribution in [0.3, 0.4) is 0 Å². The summed E-state index contributed by atoms with van der Waals surface area (Å²) in [6, 6.07) is 14.0. The van der Waals surface area contributed by atoms with Gasteiger partial charge in [0.1, 0.15) is 12.2 Å². The minimum absolute atomic E-state index is 0.0435. The zero-order chi connectivity index (χ0) is 18.7. The number of phenols is 1. The summed E-state index contributed by atoms with van der Waals surface area (Å²) in [5.74, 6) is -2.61. The van der Waals surface area contributed by atoms with Crippen LogP contribution in [0.25, 0.3) is 6.08 Å². The number of aromatic hydroxyl groups is 1. The van der Waals surface area contributed by atoms with E-state index < -0.39 is 17.7 Å². The topological polar surface area (TPSA) is 82.1 Å². The molecule has 0 unspecified atom stereocenters. The van der Waals surface area contributed by atoms with Gasteiger partial charge in [-0.25, -0.2) is 9.59 Å². The van der Waals surface area contributed by atoms with Crippen molar-refractivity contribution in [2.45, 2.75) is 26.2 Å². The zero-order valence-electron chi connectivity index (χ0n) is 14.4. The average Bonchev–Trinajstić information content (AvgIpc) is 2.58. The zero-order valence-corrected chi connectivity index (χ0v) is 14.4. The van der Waals surface area contributed by atoms with Crippen molar-refractivity contribution in [3.8, 4) is 11.5 Å². The van der Waals surface area contributed by atoms with Crippen molar-refractivity contribution in [1.29, 1.82) is 0 Å². The van der Waals surface area contributed by atoms with E-state index in [1.807, 2.05) is 30.3 Å². The normalized spacial score (nSPS) is 15.8. The number of carbonyl (C=O) groups excluding carboxylic acids is 2. The highest BCUT2D eigenvalue weighted by atomic mass is 16.7. The highest BCUT2D eigenvalue weighted by molar-refractivity contribution is 6.18. The van der Waals surface area contributed by atoms with E-state index in [9.17, 15) is 14.7 Å². The molecule has 6 nitrogen and oxygen atoms in total. The number of carbonyl (C=O) groups is 2. The maximum Gasteiger partial charge on any atom is 0.348 e. The van der Waals surface area contributed by atoms with E-state index in [0.717, 1.165) is 5.56 Å². The Morgan fingerprint density at radius 2 is 1.69 bits per heavy atom. The summed E-state index contributed by atoms with van der Waals surface area (Å²) in [4.78, 5) is 24.0. The number of hydrogen-bond acceptors (Lipinski definition) is 6. The lowest BCUT2D eigenvalue weighted by atomic mass is 10.1. The van der Waals surface area contributed by atoms with Crippen molar-refractivity contribution in [2.75, 3.05) is 0 Å². The SMILES string of the molecule is CC1(C)OC(=O)C(=Cc2ccc(O)c(OCc3ccccc3)c2)C(=O)O1. The van der Waals surface area contributed by atoms with Crippen LogP contribution < -0.4 is 4.74 Å². The van der Waals surface area contributed by atoms with Crippen molar-refractivity contribution >= 4 is 18.0 Å². The number of rotatable bonds is 4. The number of phenolic OH excluding ortho intramolecular Hbond substituents is 1. The van der Waals surface area contributed by atoms with Crippen LogP contribution in [0.4, 0.5) is 0 Å². The van der Waals surface area contributed by atoms with Crippen molar-refractivity contribution in [2.24, 2.45) is 0 Å². The van der Waals surface area contributed by atoms with Crippen LogP contribution in [0, 0.1) is 0 Å². The Balaban J connectivity index is 1.81. The molecule has 1 N–H and O–H groups in total. The van der Waals surface area contributed by atoms with Gasteiger partial charge in [-0.2, -0.15) is 0 Å². The molecule has 1 aliphatic heterocycles. The maximum absolute atomic E-state index is 12.0. The van der Waals surface area contributed by atoms with Crippen molar-refractivity contribution < 1.29 is 28.9 Å². The first-order chi connectivity index (χ1) is 12.3. The molecule has 1 saturated heterocycles. The van der Waals surface area contributed by atoms with Crippen molar-refractivity contribution in [3.63, 3.8) is 0 Å². The molecule has 3 rings (SSSR count). The molecule has 0 aromatic heterocycles. The Bertz CT molecular complexity index is 845. The van der Waals surface area contributed by atoms with Gasteiger partial charge in [-0.1, -0.05) is 36.4 Å². The van der Waals surface area contributed by atoms with Crippen LogP contribution in [0.15, 0.2) is 54.1 Å². The maximum atomic E-state index is 12.0. The lowest BCUT2D eigenvalue weighted by molar-refractivity contribution is -0.222. The minimum Gasteiger partial charge on any atom is -0.504 e. The molecule has 0 amide bonds. The molecule has 26 heavy (non-hydrogen) atoms. The fourth-order valence-corrected chi connectivity index (χ4v) is 2.42. The first kappa shape index (κ1) is 17.5. The first-order valence-electron chi connectivity index (χ1n) is 8.02. The third-order valence-electron chi connectivity index (χ3n) is 3.65. The van der Waals surface area contributed by atoms with Crippen LogP contribution in [0.5, 0.6) is 11.5 Å². The van der Waals surface area contributed by atoms with Gasteiger partial charge in [-0.3, -0.25) is 0 Å². The largest absolute Gasteiger partial charge is 0.504 e. The molecule has 2 aromatic rings. The summed E-state index contributed by atoms with van der Waals surface area (Å²) in [7, 11) is 0. The van der Waals surface area contributed by atoms with Gasteiger partial charge >= 0.3 is 11.9 Å². The Morgan fingerprint density at radius 3 is 2.35 bits per heavy atom. The van der Waals surface area contributed by atoms with Crippen LogP contribution in [-0.2, 0) is 25.7 Å². The van der Waals surface area contributed by atoms with E-state index in [2.05, 4.69) is 0 Å². The van der Waals surface area contributed by atoms with E-state index in [0.29, 0.717) is 5.56 Å². The highest BCUT2D eigenvalue weighted by Gasteiger charge is 2.38. The number of esters is 2. The van der Waals surface area contributed by atoms with Crippen LogP contribution in [-0.4, -0.2) is 22.8 Å². The summed E-state index contributed by atoms with van der Waals surface area (Å²) >= 11 is 0. The van der Waals surface area contributed by atoms with E-state index in [-0.39, 0.29) is 23.7 Å². The monoisotopic (exact) mass is 354 g/mol. The molecule has 1 fully saturated rings.